The second-order valence-electron chi connectivity index (χ2n) is 8.61. The third kappa shape index (κ3) is 3.71. The molecule has 1 aliphatic rings. The van der Waals surface area contributed by atoms with Crippen LogP contribution in [0.2, 0.25) is 0 Å². The number of nitrogens with zero attached hydrogens (tertiary/aromatic N) is 4. The average molecular weight is 440 g/mol. The van der Waals surface area contributed by atoms with Gasteiger partial charge in [-0.3, -0.25) is 0 Å². The zero-order valence-corrected chi connectivity index (χ0v) is 19.3. The van der Waals surface area contributed by atoms with Gasteiger partial charge in [-0.2, -0.15) is 5.10 Å². The summed E-state index contributed by atoms with van der Waals surface area (Å²) < 4.78 is 4.19. The fourth-order valence-corrected chi connectivity index (χ4v) is 4.67. The maximum atomic E-state index is 13.5. The van der Waals surface area contributed by atoms with Crippen LogP contribution in [0.1, 0.15) is 47.5 Å². The van der Waals surface area contributed by atoms with Gasteiger partial charge in [-0.15, -0.1) is 0 Å². The molecule has 33 heavy (non-hydrogen) atoms. The lowest BCUT2D eigenvalue weighted by Crippen LogP contribution is -2.42. The third-order valence-electron chi connectivity index (χ3n) is 6.23. The number of aromatic nitrogens is 3. The molecule has 0 spiro atoms. The summed E-state index contributed by atoms with van der Waals surface area (Å²) in [4.78, 5) is 15.4. The van der Waals surface area contributed by atoms with Crippen molar-refractivity contribution < 1.29 is 4.79 Å². The van der Waals surface area contributed by atoms with E-state index in [9.17, 15) is 4.79 Å². The first-order valence-corrected chi connectivity index (χ1v) is 11.5. The molecule has 4 aromatic rings. The quantitative estimate of drug-likeness (QED) is 0.469. The summed E-state index contributed by atoms with van der Waals surface area (Å²) in [5.74, 6) is 0.988. The number of benzene rings is 2. The summed E-state index contributed by atoms with van der Waals surface area (Å²) in [6.07, 6.45) is 2.96. The molecule has 6 nitrogen and oxygen atoms in total. The Hall–Kier alpha value is -3.80. The van der Waals surface area contributed by atoms with E-state index in [1.807, 2.05) is 40.8 Å². The molecule has 0 unspecified atom stereocenters. The van der Waals surface area contributed by atoms with Crippen molar-refractivity contribution in [3.05, 3.63) is 101 Å². The number of hydrogen-bond donors (Lipinski definition) is 1. The van der Waals surface area contributed by atoms with Crippen LogP contribution in [-0.4, -0.2) is 31.8 Å². The van der Waals surface area contributed by atoms with Crippen LogP contribution < -0.4 is 5.32 Å². The Labute approximate surface area is 194 Å². The predicted molar refractivity (Wildman–Crippen MR) is 130 cm³/mol. The van der Waals surface area contributed by atoms with E-state index in [2.05, 4.69) is 72.4 Å². The number of para-hydroxylation sites is 1. The van der Waals surface area contributed by atoms with E-state index >= 15 is 0 Å². The van der Waals surface area contributed by atoms with Gasteiger partial charge in [0.1, 0.15) is 5.82 Å². The number of carbonyl (C=O) groups excluding carboxylic acids is 1. The van der Waals surface area contributed by atoms with Gasteiger partial charge in [0, 0.05) is 18.3 Å². The molecule has 168 valence electrons. The number of carbonyl (C=O) groups is 1. The summed E-state index contributed by atoms with van der Waals surface area (Å²) in [5, 5.41) is 7.99. The molecule has 0 fully saturated rings. The van der Waals surface area contributed by atoms with Crippen LogP contribution >= 0.6 is 0 Å². The highest BCUT2D eigenvalue weighted by atomic mass is 16.2. The molecular formula is C27H29N5O. The van der Waals surface area contributed by atoms with Gasteiger partial charge < -0.3 is 14.8 Å². The molecule has 0 aliphatic carbocycles. The molecular weight excluding hydrogens is 410 g/mol. The number of fused-ring (bicyclic) bond motifs is 3. The lowest BCUT2D eigenvalue weighted by atomic mass is 10.00. The van der Waals surface area contributed by atoms with Crippen LogP contribution in [-0.2, 0) is 6.54 Å². The number of rotatable bonds is 4. The van der Waals surface area contributed by atoms with Crippen LogP contribution in [0.25, 0.3) is 11.5 Å². The molecule has 0 bridgehead atoms. The van der Waals surface area contributed by atoms with Gasteiger partial charge in [0.2, 0.25) is 0 Å². The smallest absolute Gasteiger partial charge is 0.318 e. The van der Waals surface area contributed by atoms with Crippen molar-refractivity contribution in [2.45, 2.75) is 39.8 Å². The van der Waals surface area contributed by atoms with Crippen LogP contribution in [0.15, 0.2) is 72.9 Å². The average Bonchev–Trinajstić information content (AvgIpc) is 3.38. The Morgan fingerprint density at radius 3 is 2.64 bits per heavy atom. The van der Waals surface area contributed by atoms with E-state index in [-0.39, 0.29) is 12.1 Å². The highest BCUT2D eigenvalue weighted by molar-refractivity contribution is 5.76. The molecule has 6 heteroatoms. The fraction of sp³-hybridized carbons (Fsp3) is 0.259. The van der Waals surface area contributed by atoms with Crippen molar-refractivity contribution in [1.29, 1.82) is 0 Å². The highest BCUT2D eigenvalue weighted by Crippen LogP contribution is 2.38. The molecule has 5 rings (SSSR count). The Bertz CT molecular complexity index is 1290. The van der Waals surface area contributed by atoms with Crippen LogP contribution in [0.3, 0.4) is 0 Å². The van der Waals surface area contributed by atoms with Gasteiger partial charge in [-0.1, -0.05) is 55.0 Å². The third-order valence-corrected chi connectivity index (χ3v) is 6.23. The number of amides is 2. The van der Waals surface area contributed by atoms with Gasteiger partial charge in [-0.05, 0) is 50.1 Å². The summed E-state index contributed by atoms with van der Waals surface area (Å²) in [5.41, 5.74) is 6.29. The van der Waals surface area contributed by atoms with Crippen molar-refractivity contribution >= 4 is 6.03 Å². The molecule has 0 radical (unpaired) electrons. The van der Waals surface area contributed by atoms with Gasteiger partial charge >= 0.3 is 6.03 Å². The zero-order valence-electron chi connectivity index (χ0n) is 19.3. The van der Waals surface area contributed by atoms with Crippen molar-refractivity contribution in [2.75, 3.05) is 6.54 Å². The Morgan fingerprint density at radius 2 is 1.88 bits per heavy atom. The Morgan fingerprint density at radius 1 is 1.06 bits per heavy atom. The summed E-state index contributed by atoms with van der Waals surface area (Å²) >= 11 is 0. The minimum Gasteiger partial charge on any atom is -0.338 e. The molecule has 2 aromatic carbocycles. The Balaban J connectivity index is 1.74. The van der Waals surface area contributed by atoms with Gasteiger partial charge in [-0.25, -0.2) is 9.48 Å². The summed E-state index contributed by atoms with van der Waals surface area (Å²) in [7, 11) is 0. The molecule has 0 saturated heterocycles. The maximum Gasteiger partial charge on any atom is 0.318 e. The van der Waals surface area contributed by atoms with E-state index in [4.69, 9.17) is 5.10 Å². The van der Waals surface area contributed by atoms with Crippen LogP contribution in [0, 0.1) is 13.8 Å². The first-order valence-electron chi connectivity index (χ1n) is 11.5. The topological polar surface area (TPSA) is 55.1 Å². The largest absolute Gasteiger partial charge is 0.338 e. The lowest BCUT2D eigenvalue weighted by Gasteiger charge is -2.31. The van der Waals surface area contributed by atoms with Gasteiger partial charge in [0.25, 0.3) is 0 Å². The van der Waals surface area contributed by atoms with Crippen LogP contribution in [0.4, 0.5) is 4.79 Å². The predicted octanol–water partition coefficient (Wildman–Crippen LogP) is 5.30. The van der Waals surface area contributed by atoms with E-state index < -0.39 is 0 Å². The van der Waals surface area contributed by atoms with Gasteiger partial charge in [0.05, 0.1) is 29.7 Å². The number of aryl methyl sites for hydroxylation is 2. The first kappa shape index (κ1) is 21.1. The zero-order chi connectivity index (χ0) is 22.9. The minimum atomic E-state index is -0.215. The monoisotopic (exact) mass is 439 g/mol. The molecule has 0 saturated carbocycles. The highest BCUT2D eigenvalue weighted by Gasteiger charge is 2.35. The summed E-state index contributed by atoms with van der Waals surface area (Å²) in [6.45, 7) is 7.30. The van der Waals surface area contributed by atoms with E-state index in [1.165, 1.54) is 5.56 Å². The normalized spacial score (nSPS) is 15.0. The molecule has 1 aliphatic heterocycles. The number of nitrogens with one attached hydrogen (secondary N) is 1. The van der Waals surface area contributed by atoms with E-state index in [0.717, 1.165) is 40.4 Å². The molecule has 1 atom stereocenters. The van der Waals surface area contributed by atoms with E-state index in [1.54, 1.807) is 0 Å². The first-order chi connectivity index (χ1) is 16.1. The minimum absolute atomic E-state index is 0.0594. The fourth-order valence-electron chi connectivity index (χ4n) is 4.67. The van der Waals surface area contributed by atoms with Crippen molar-refractivity contribution in [3.8, 4) is 11.5 Å². The SMILES string of the molecule is CCCNC(=O)N1Cc2c(C)nn(-c3ccccc3)c2-n2cccc2[C@@H]1c1cccc(C)c1. The molecule has 2 aromatic heterocycles. The second-order valence-corrected chi connectivity index (χ2v) is 8.61. The van der Waals surface area contributed by atoms with Crippen molar-refractivity contribution in [2.24, 2.45) is 0 Å². The Kier molecular flexibility index (Phi) is 5.50. The molecule has 1 N–H and O–H groups in total. The van der Waals surface area contributed by atoms with E-state index in [0.29, 0.717) is 13.1 Å². The summed E-state index contributed by atoms with van der Waals surface area (Å²) in [6, 6.07) is 22.5. The molecule has 3 heterocycles. The number of urea groups is 1. The number of hydrogen-bond acceptors (Lipinski definition) is 2. The molecule has 2 amide bonds. The maximum absolute atomic E-state index is 13.5. The van der Waals surface area contributed by atoms with Crippen molar-refractivity contribution in [3.63, 3.8) is 0 Å². The van der Waals surface area contributed by atoms with Gasteiger partial charge in [0.15, 0.2) is 0 Å². The van der Waals surface area contributed by atoms with Crippen molar-refractivity contribution in [1.82, 2.24) is 24.6 Å². The second kappa shape index (κ2) is 8.62. The lowest BCUT2D eigenvalue weighted by molar-refractivity contribution is 0.180. The van der Waals surface area contributed by atoms with Crippen LogP contribution in [0.5, 0.6) is 0 Å². The standard InChI is InChI=1S/C27H29N5O/c1-4-15-28-27(33)31-18-23-20(3)29-32(22-12-6-5-7-13-22)26(23)30-16-9-14-24(30)25(31)21-11-8-10-19(2)17-21/h5-14,16-17,25H,4,15,18H2,1-3H3,(H,28,33)/t25-/m0/s1.